The molecule has 146 valence electrons. The van der Waals surface area contributed by atoms with Gasteiger partial charge in [-0.15, -0.1) is 24.0 Å². The summed E-state index contributed by atoms with van der Waals surface area (Å²) in [5, 5.41) is 3.46. The zero-order valence-electron chi connectivity index (χ0n) is 15.5. The Hall–Kier alpha value is -1.13. The third kappa shape index (κ3) is 5.43. The molecular weight excluding hydrogens is 448 g/mol. The number of hydrogen-bond donors (Lipinski definition) is 1. The number of guanidine groups is 1. The molecule has 0 saturated carbocycles. The summed E-state index contributed by atoms with van der Waals surface area (Å²) in [6, 6.07) is 7.02. The minimum atomic E-state index is -0.330. The number of likely N-dealkylation sites (N-methyl/N-ethyl adjacent to an activating group) is 1. The van der Waals surface area contributed by atoms with Crippen LogP contribution in [0.3, 0.4) is 0 Å². The fraction of sp³-hybridized carbons (Fsp3) is 0.611. The van der Waals surface area contributed by atoms with Gasteiger partial charge in [-0.3, -0.25) is 14.8 Å². The van der Waals surface area contributed by atoms with Crippen molar-refractivity contribution >= 4 is 29.9 Å². The number of fused-ring (bicyclic) bond motifs is 3. The van der Waals surface area contributed by atoms with Crippen LogP contribution in [0, 0.1) is 5.82 Å². The molecule has 3 aliphatic rings. The molecular formula is C18H29FIN5O. The Bertz CT molecular complexity index is 595. The smallest absolute Gasteiger partial charge is 0.193 e. The van der Waals surface area contributed by atoms with E-state index in [1.165, 1.54) is 19.2 Å². The highest BCUT2D eigenvalue weighted by Gasteiger charge is 2.31. The molecule has 0 aliphatic carbocycles. The van der Waals surface area contributed by atoms with Crippen LogP contribution in [0.2, 0.25) is 0 Å². The summed E-state index contributed by atoms with van der Waals surface area (Å²) in [4.78, 5) is 11.4. The second-order valence-corrected chi connectivity index (χ2v) is 6.62. The molecule has 3 saturated heterocycles. The van der Waals surface area contributed by atoms with Gasteiger partial charge in [-0.05, 0) is 12.1 Å². The Morgan fingerprint density at radius 2 is 2.04 bits per heavy atom. The van der Waals surface area contributed by atoms with E-state index in [9.17, 15) is 4.39 Å². The van der Waals surface area contributed by atoms with Gasteiger partial charge in [0.25, 0.3) is 0 Å². The number of aliphatic imine (C=N–C) groups is 1. The molecule has 2 bridgehead atoms. The normalized spacial score (nSPS) is 24.7. The molecule has 0 amide bonds. The zero-order valence-corrected chi connectivity index (χ0v) is 17.9. The van der Waals surface area contributed by atoms with E-state index in [1.807, 2.05) is 11.9 Å². The van der Waals surface area contributed by atoms with E-state index in [1.54, 1.807) is 25.2 Å². The van der Waals surface area contributed by atoms with Crippen LogP contribution in [0.25, 0.3) is 0 Å². The van der Waals surface area contributed by atoms with Gasteiger partial charge >= 0.3 is 0 Å². The fourth-order valence-electron chi connectivity index (χ4n) is 3.47. The van der Waals surface area contributed by atoms with Gasteiger partial charge in [-0.1, -0.05) is 12.1 Å². The lowest BCUT2D eigenvalue weighted by atomic mass is 10.1. The largest absolute Gasteiger partial charge is 0.489 e. The van der Waals surface area contributed by atoms with Crippen LogP contribution < -0.4 is 10.1 Å². The first kappa shape index (κ1) is 21.2. The number of nitrogens with zero attached hydrogens (tertiary/aromatic N) is 4. The molecule has 1 N–H and O–H groups in total. The number of ether oxygens (including phenoxy) is 1. The summed E-state index contributed by atoms with van der Waals surface area (Å²) < 4.78 is 19.1. The Morgan fingerprint density at radius 1 is 1.31 bits per heavy atom. The predicted octanol–water partition coefficient (Wildman–Crippen LogP) is 1.33. The lowest BCUT2D eigenvalue weighted by Crippen LogP contribution is -2.63. The molecule has 4 rings (SSSR count). The van der Waals surface area contributed by atoms with Gasteiger partial charge in [-0.25, -0.2) is 4.39 Å². The second-order valence-electron chi connectivity index (χ2n) is 6.62. The van der Waals surface area contributed by atoms with E-state index in [-0.39, 0.29) is 29.8 Å². The summed E-state index contributed by atoms with van der Waals surface area (Å²) in [7, 11) is 3.75. The molecule has 3 heterocycles. The first-order valence-corrected chi connectivity index (χ1v) is 8.93. The molecule has 3 fully saturated rings. The maximum absolute atomic E-state index is 13.6. The van der Waals surface area contributed by atoms with E-state index < -0.39 is 0 Å². The average molecular weight is 477 g/mol. The quantitative estimate of drug-likeness (QED) is 0.381. The van der Waals surface area contributed by atoms with Crippen LogP contribution in [-0.4, -0.2) is 93.2 Å². The molecule has 1 aromatic carbocycles. The number of piperazine rings is 3. The number of hydrogen-bond acceptors (Lipinski definition) is 4. The lowest BCUT2D eigenvalue weighted by molar-refractivity contribution is 0.0152. The molecule has 6 nitrogen and oxygen atoms in total. The van der Waals surface area contributed by atoms with Gasteiger partial charge in [0.2, 0.25) is 0 Å². The van der Waals surface area contributed by atoms with Crippen LogP contribution in [-0.2, 0) is 0 Å². The van der Waals surface area contributed by atoms with Crippen molar-refractivity contribution in [3.63, 3.8) is 0 Å². The van der Waals surface area contributed by atoms with Gasteiger partial charge in [0, 0.05) is 59.4 Å². The minimum absolute atomic E-state index is 0. The van der Waals surface area contributed by atoms with Crippen LogP contribution in [0.4, 0.5) is 4.39 Å². The van der Waals surface area contributed by atoms with Crippen molar-refractivity contribution in [2.75, 3.05) is 66.5 Å². The summed E-state index contributed by atoms with van der Waals surface area (Å²) in [5.41, 5.74) is 0. The molecule has 0 radical (unpaired) electrons. The number of benzene rings is 1. The van der Waals surface area contributed by atoms with Crippen molar-refractivity contribution in [1.82, 2.24) is 20.0 Å². The highest BCUT2D eigenvalue weighted by molar-refractivity contribution is 14.0. The summed E-state index contributed by atoms with van der Waals surface area (Å²) >= 11 is 0. The molecule has 1 atom stereocenters. The van der Waals surface area contributed by atoms with Crippen LogP contribution in [0.15, 0.2) is 29.3 Å². The highest BCUT2D eigenvalue weighted by atomic mass is 127. The predicted molar refractivity (Wildman–Crippen MR) is 113 cm³/mol. The maximum Gasteiger partial charge on any atom is 0.193 e. The number of halogens is 2. The first-order chi connectivity index (χ1) is 12.2. The van der Waals surface area contributed by atoms with Crippen molar-refractivity contribution < 1.29 is 9.13 Å². The first-order valence-electron chi connectivity index (χ1n) is 8.93. The molecule has 1 aromatic rings. The van der Waals surface area contributed by atoms with Gasteiger partial charge in [0.1, 0.15) is 6.61 Å². The fourth-order valence-corrected chi connectivity index (χ4v) is 3.47. The van der Waals surface area contributed by atoms with E-state index in [2.05, 4.69) is 20.1 Å². The Balaban J connectivity index is 0.00000243. The Labute approximate surface area is 172 Å². The summed E-state index contributed by atoms with van der Waals surface area (Å²) in [6.45, 7) is 7.77. The van der Waals surface area contributed by atoms with E-state index in [4.69, 9.17) is 4.74 Å². The van der Waals surface area contributed by atoms with Gasteiger partial charge in [0.05, 0.1) is 6.54 Å². The van der Waals surface area contributed by atoms with Crippen molar-refractivity contribution in [1.29, 1.82) is 0 Å². The SMILES string of the molecule is CN=C(NCC1CN2CCN1CC2)N(C)CCOc1ccccc1F.I. The molecule has 0 spiro atoms. The third-order valence-electron chi connectivity index (χ3n) is 4.98. The molecule has 3 aliphatic heterocycles. The molecule has 8 heteroatoms. The summed E-state index contributed by atoms with van der Waals surface area (Å²) in [5.74, 6) is 0.803. The number of nitrogens with one attached hydrogen (secondary N) is 1. The summed E-state index contributed by atoms with van der Waals surface area (Å²) in [6.07, 6.45) is 0. The Kier molecular flexibility index (Phi) is 8.36. The van der Waals surface area contributed by atoms with E-state index >= 15 is 0 Å². The van der Waals surface area contributed by atoms with Crippen LogP contribution in [0.5, 0.6) is 5.75 Å². The highest BCUT2D eigenvalue weighted by Crippen LogP contribution is 2.16. The van der Waals surface area contributed by atoms with Crippen LogP contribution in [0.1, 0.15) is 0 Å². The topological polar surface area (TPSA) is 43.3 Å². The Morgan fingerprint density at radius 3 is 2.65 bits per heavy atom. The lowest BCUT2D eigenvalue weighted by Gasteiger charge is -2.47. The number of rotatable bonds is 6. The average Bonchev–Trinajstić information content (AvgIpc) is 2.65. The van der Waals surface area contributed by atoms with Crippen molar-refractivity contribution in [2.24, 2.45) is 4.99 Å². The van der Waals surface area contributed by atoms with Gasteiger partial charge in [0.15, 0.2) is 17.5 Å². The molecule has 0 aromatic heterocycles. The maximum atomic E-state index is 13.6. The molecule has 26 heavy (non-hydrogen) atoms. The molecule has 1 unspecified atom stereocenters. The monoisotopic (exact) mass is 477 g/mol. The van der Waals surface area contributed by atoms with Crippen LogP contribution >= 0.6 is 24.0 Å². The van der Waals surface area contributed by atoms with E-state index in [0.717, 1.165) is 32.1 Å². The van der Waals surface area contributed by atoms with Gasteiger partial charge in [-0.2, -0.15) is 0 Å². The minimum Gasteiger partial charge on any atom is -0.489 e. The van der Waals surface area contributed by atoms with Crippen molar-refractivity contribution in [2.45, 2.75) is 6.04 Å². The zero-order chi connectivity index (χ0) is 17.6. The van der Waals surface area contributed by atoms with E-state index in [0.29, 0.717) is 24.9 Å². The van der Waals surface area contributed by atoms with Gasteiger partial charge < -0.3 is 15.0 Å². The third-order valence-corrected chi connectivity index (χ3v) is 4.98. The van der Waals surface area contributed by atoms with Crippen molar-refractivity contribution in [3.05, 3.63) is 30.1 Å². The van der Waals surface area contributed by atoms with Crippen molar-refractivity contribution in [3.8, 4) is 5.75 Å². The second kappa shape index (κ2) is 10.3. The number of para-hydroxylation sites is 1. The standard InChI is InChI=1S/C18H28FN5O.HI/c1-20-18(21-13-15-14-23-7-9-24(15)10-8-23)22(2)11-12-25-17-6-4-3-5-16(17)19;/h3-6,15H,7-14H2,1-2H3,(H,20,21);1H.